The molecule has 0 rings (SSSR count). The van der Waals surface area contributed by atoms with Gasteiger partial charge in [-0.25, -0.2) is 4.21 Å². The smallest absolute Gasteiger partial charge is 1.00 e. The third-order valence-electron chi connectivity index (χ3n) is 0. The van der Waals surface area contributed by atoms with Gasteiger partial charge in [-0.1, -0.05) is 0 Å². The van der Waals surface area contributed by atoms with E-state index in [1.165, 1.54) is 0 Å². The molecule has 0 fully saturated rings. The van der Waals surface area contributed by atoms with E-state index in [2.05, 4.69) is 0 Å². The second-order valence-electron chi connectivity index (χ2n) is 0.217. The number of hydrogen-bond donors (Lipinski definition) is 1. The molecule has 30 valence electrons. The molecular formula is H3BaO3S-. The molecule has 0 spiro atoms. The van der Waals surface area contributed by atoms with Gasteiger partial charge in [0.2, 0.25) is 0 Å². The Hall–Kier alpha value is 1.64. The van der Waals surface area contributed by atoms with E-state index in [0.29, 0.717) is 0 Å². The minimum atomic E-state index is -2.86. The van der Waals surface area contributed by atoms with Gasteiger partial charge in [0, 0.05) is 0 Å². The van der Waals surface area contributed by atoms with Crippen LogP contribution in [0.3, 0.4) is 0 Å². The SMILES string of the molecule is O=S([O-])O.[Ba+2].[H-].[H-]. The van der Waals surface area contributed by atoms with Crippen molar-refractivity contribution < 1.29 is 16.2 Å². The van der Waals surface area contributed by atoms with Crippen LogP contribution in [-0.2, 0) is 11.4 Å². The predicted octanol–water partition coefficient (Wildman–Crippen LogP) is -0.817. The second kappa shape index (κ2) is 5.64. The normalized spacial score (nSPS) is 12.4. The van der Waals surface area contributed by atoms with Crippen LogP contribution in [0.15, 0.2) is 0 Å². The average Bonchev–Trinajstić information content (AvgIpc) is 0.811. The summed E-state index contributed by atoms with van der Waals surface area (Å²) in [6, 6.07) is 0. The molecule has 1 N–H and O–H groups in total. The zero-order valence-corrected chi connectivity index (χ0v) is 7.64. The molecule has 1 atom stereocenters. The molecule has 0 aromatic rings. The van der Waals surface area contributed by atoms with E-state index in [4.69, 9.17) is 13.3 Å². The summed E-state index contributed by atoms with van der Waals surface area (Å²) < 4.78 is 24.1. The zero-order chi connectivity index (χ0) is 3.58. The Bertz CT molecular complexity index is 35.9. The molecule has 0 aliphatic heterocycles. The van der Waals surface area contributed by atoms with E-state index in [1.807, 2.05) is 0 Å². The van der Waals surface area contributed by atoms with Gasteiger partial charge in [-0.05, 0) is 0 Å². The van der Waals surface area contributed by atoms with E-state index >= 15 is 0 Å². The van der Waals surface area contributed by atoms with Crippen molar-refractivity contribution in [2.24, 2.45) is 0 Å². The van der Waals surface area contributed by atoms with Gasteiger partial charge >= 0.3 is 48.9 Å². The summed E-state index contributed by atoms with van der Waals surface area (Å²) >= 11 is -2.86. The Morgan fingerprint density at radius 3 is 2.00 bits per heavy atom. The summed E-state index contributed by atoms with van der Waals surface area (Å²) in [4.78, 5) is 0. The molecule has 5 heavy (non-hydrogen) atoms. The molecule has 0 saturated carbocycles. The maximum Gasteiger partial charge on any atom is 2.00 e. The minimum Gasteiger partial charge on any atom is -1.00 e. The van der Waals surface area contributed by atoms with Crippen molar-refractivity contribution in [3.63, 3.8) is 0 Å². The first-order valence-electron chi connectivity index (χ1n) is 0.516. The quantitative estimate of drug-likeness (QED) is 0.429. The maximum atomic E-state index is 8.56. The zero-order valence-electron chi connectivity index (χ0n) is 4.38. The molecule has 0 saturated heterocycles. The molecule has 0 aromatic heterocycles. The Morgan fingerprint density at radius 1 is 2.00 bits per heavy atom. The second-order valence-corrected chi connectivity index (χ2v) is 0.651. The summed E-state index contributed by atoms with van der Waals surface area (Å²) in [5.41, 5.74) is 0. The summed E-state index contributed by atoms with van der Waals surface area (Å²) in [5, 5.41) is 0. The van der Waals surface area contributed by atoms with Crippen molar-refractivity contribution in [3.8, 4) is 0 Å². The first kappa shape index (κ1) is 9.81. The van der Waals surface area contributed by atoms with Crippen LogP contribution >= 0.6 is 0 Å². The van der Waals surface area contributed by atoms with Crippen molar-refractivity contribution in [2.75, 3.05) is 0 Å². The van der Waals surface area contributed by atoms with E-state index in [0.717, 1.165) is 0 Å². The van der Waals surface area contributed by atoms with Gasteiger partial charge in [0.1, 0.15) is 0 Å². The topological polar surface area (TPSA) is 60.4 Å². The Balaban J connectivity index is -0.0000000150. The molecule has 0 heterocycles. The molecule has 3 nitrogen and oxygen atoms in total. The van der Waals surface area contributed by atoms with Gasteiger partial charge in [-0.15, -0.1) is 0 Å². The number of hydrogen-bond acceptors (Lipinski definition) is 2. The van der Waals surface area contributed by atoms with Crippen molar-refractivity contribution in [3.05, 3.63) is 0 Å². The van der Waals surface area contributed by atoms with Crippen LogP contribution in [0.25, 0.3) is 0 Å². The molecule has 1 unspecified atom stereocenters. The number of rotatable bonds is 0. The Morgan fingerprint density at radius 2 is 2.00 bits per heavy atom. The fourth-order valence-corrected chi connectivity index (χ4v) is 0. The maximum absolute atomic E-state index is 8.56. The molecule has 0 aliphatic carbocycles. The van der Waals surface area contributed by atoms with Crippen LogP contribution < -0.4 is 0 Å². The molecule has 0 aromatic carbocycles. The Labute approximate surface area is 75.3 Å². The van der Waals surface area contributed by atoms with Gasteiger partial charge in [-0.3, -0.25) is 0 Å². The fraction of sp³-hybridized carbons (Fsp3) is 0. The van der Waals surface area contributed by atoms with Gasteiger partial charge in [0.25, 0.3) is 0 Å². The minimum absolute atomic E-state index is 0. The average molecular weight is 220 g/mol. The van der Waals surface area contributed by atoms with Crippen molar-refractivity contribution in [2.45, 2.75) is 0 Å². The van der Waals surface area contributed by atoms with Crippen molar-refractivity contribution >= 4 is 60.2 Å². The monoisotopic (exact) mass is 221 g/mol. The first-order chi connectivity index (χ1) is 1.73. The molecule has 5 heteroatoms. The van der Waals surface area contributed by atoms with Crippen LogP contribution in [0, 0.1) is 0 Å². The first-order valence-corrected chi connectivity index (χ1v) is 1.55. The van der Waals surface area contributed by atoms with Gasteiger partial charge in [0.15, 0.2) is 0 Å². The van der Waals surface area contributed by atoms with Gasteiger partial charge in [-0.2, -0.15) is 0 Å². The van der Waals surface area contributed by atoms with E-state index in [1.54, 1.807) is 0 Å². The molecule has 0 amide bonds. The Kier molecular flexibility index (Phi) is 11.1. The van der Waals surface area contributed by atoms with E-state index in [-0.39, 0.29) is 51.7 Å². The van der Waals surface area contributed by atoms with Gasteiger partial charge < -0.3 is 12.0 Å². The third kappa shape index (κ3) is 27.8. The van der Waals surface area contributed by atoms with Crippen LogP contribution in [0.5, 0.6) is 0 Å². The molecular weight excluding hydrogens is 217 g/mol. The fourth-order valence-electron chi connectivity index (χ4n) is 0. The molecule has 0 aliphatic rings. The largest absolute Gasteiger partial charge is 2.00 e. The predicted molar refractivity (Wildman–Crippen MR) is 19.5 cm³/mol. The summed E-state index contributed by atoms with van der Waals surface area (Å²) in [5.74, 6) is 0. The van der Waals surface area contributed by atoms with E-state index in [9.17, 15) is 0 Å². The molecule has 0 bridgehead atoms. The van der Waals surface area contributed by atoms with Crippen LogP contribution in [0.4, 0.5) is 0 Å². The van der Waals surface area contributed by atoms with Gasteiger partial charge in [0.05, 0.1) is 11.4 Å². The van der Waals surface area contributed by atoms with E-state index < -0.39 is 11.4 Å². The van der Waals surface area contributed by atoms with Crippen molar-refractivity contribution in [1.29, 1.82) is 0 Å². The van der Waals surface area contributed by atoms with Crippen LogP contribution in [0.1, 0.15) is 2.85 Å². The van der Waals surface area contributed by atoms with Crippen LogP contribution in [-0.4, -0.2) is 62.2 Å². The van der Waals surface area contributed by atoms with Crippen LogP contribution in [0.2, 0.25) is 0 Å². The third-order valence-corrected chi connectivity index (χ3v) is 0. The van der Waals surface area contributed by atoms with Crippen molar-refractivity contribution in [1.82, 2.24) is 0 Å². The summed E-state index contributed by atoms with van der Waals surface area (Å²) in [6.45, 7) is 0. The molecule has 0 radical (unpaired) electrons. The standard InChI is InChI=1S/Ba.H2O3S.2H/c;1-4(2)3;;/h;(H2,1,2,3);;/q+2;;2*-1/p-1. The summed E-state index contributed by atoms with van der Waals surface area (Å²) in [6.07, 6.45) is 0. The summed E-state index contributed by atoms with van der Waals surface area (Å²) in [7, 11) is 0.